The van der Waals surface area contributed by atoms with Gasteiger partial charge in [-0.05, 0) is 100 Å². The Hall–Kier alpha value is -5.50. The summed E-state index contributed by atoms with van der Waals surface area (Å²) in [6.45, 7) is 5.68. The largest absolute Gasteiger partial charge is 0.379 e. The molecule has 4 rings (SSSR count). The molecule has 0 aliphatic rings. The lowest BCUT2D eigenvalue weighted by Crippen LogP contribution is -2.48. The van der Waals surface area contributed by atoms with Crippen LogP contribution in [0.2, 0.25) is 0 Å². The highest BCUT2D eigenvalue weighted by atomic mass is 32.2. The summed E-state index contributed by atoms with van der Waals surface area (Å²) < 4.78 is 49.4. The molecule has 4 aromatic rings. The number of carbonyl (C=O) groups excluding carboxylic acids is 4. The molecule has 0 heterocycles. The molecular weight excluding hydrogens is 745 g/mol. The van der Waals surface area contributed by atoms with Crippen molar-refractivity contribution in [3.63, 3.8) is 0 Å². The van der Waals surface area contributed by atoms with Crippen LogP contribution in [0.1, 0.15) is 45.7 Å². The van der Waals surface area contributed by atoms with E-state index < -0.39 is 54.2 Å². The number of carbonyl (C=O) groups is 4. The van der Waals surface area contributed by atoms with Gasteiger partial charge in [-0.1, -0.05) is 35.4 Å². The quantitative estimate of drug-likeness (QED) is 0.0761. The first-order valence-electron chi connectivity index (χ1n) is 15.9. The summed E-state index contributed by atoms with van der Waals surface area (Å²) in [7, 11) is -8.02. The summed E-state index contributed by atoms with van der Waals surface area (Å²) in [5, 5.41) is 42.3. The highest BCUT2D eigenvalue weighted by Gasteiger charge is 2.37. The third kappa shape index (κ3) is 11.8. The smallest absolute Gasteiger partial charge is 0.276 e. The zero-order valence-corrected chi connectivity index (χ0v) is 31.2. The molecule has 0 saturated heterocycles. The highest BCUT2D eigenvalue weighted by Crippen LogP contribution is 2.22. The van der Waals surface area contributed by atoms with E-state index in [0.29, 0.717) is 22.5 Å². The van der Waals surface area contributed by atoms with Crippen molar-refractivity contribution in [1.82, 2.24) is 11.0 Å². The first-order chi connectivity index (χ1) is 25.1. The fraction of sp³-hybridized carbons (Fsp3) is 0.222. The van der Waals surface area contributed by atoms with Gasteiger partial charge in [-0.3, -0.25) is 29.6 Å². The number of hydrogen-bond acceptors (Lipinski definition) is 12. The van der Waals surface area contributed by atoms with E-state index in [1.54, 1.807) is 36.4 Å². The van der Waals surface area contributed by atoms with Gasteiger partial charge in [0.2, 0.25) is 0 Å². The van der Waals surface area contributed by atoms with Crippen LogP contribution in [-0.4, -0.2) is 83.8 Å². The van der Waals surface area contributed by atoms with Crippen molar-refractivity contribution in [2.24, 2.45) is 0 Å². The number of rotatable bonds is 12. The highest BCUT2D eigenvalue weighted by molar-refractivity contribution is 7.91. The molecule has 2 atom stereocenters. The van der Waals surface area contributed by atoms with Crippen LogP contribution in [-0.2, 0) is 29.3 Å². The number of nitrogens with one attached hydrogen (secondary N) is 4. The number of aliphatic hydroxyl groups is 2. The monoisotopic (exact) mass is 784 g/mol. The maximum absolute atomic E-state index is 12.4. The van der Waals surface area contributed by atoms with Crippen LogP contribution in [0.25, 0.3) is 0 Å². The Balaban J connectivity index is 0.000000290. The Bertz CT molecular complexity index is 2060. The van der Waals surface area contributed by atoms with Crippen LogP contribution < -0.4 is 21.6 Å². The molecule has 0 aliphatic heterocycles. The first kappa shape index (κ1) is 42.9. The molecule has 0 aromatic heterocycles. The molecular formula is C36H40N4O12S2. The number of sulfone groups is 2. The second kappa shape index (κ2) is 17.5. The average Bonchev–Trinajstić information content (AvgIpc) is 3.10. The topological polar surface area (TPSA) is 266 Å². The molecule has 0 aliphatic carbocycles. The summed E-state index contributed by atoms with van der Waals surface area (Å²) in [5.74, 6) is -4.96. The molecule has 0 saturated carbocycles. The van der Waals surface area contributed by atoms with Crippen LogP contribution in [0.4, 0.5) is 11.4 Å². The van der Waals surface area contributed by atoms with Crippen LogP contribution in [0.3, 0.4) is 0 Å². The van der Waals surface area contributed by atoms with Gasteiger partial charge in [-0.2, -0.15) is 0 Å². The fourth-order valence-corrected chi connectivity index (χ4v) is 7.93. The van der Waals surface area contributed by atoms with Gasteiger partial charge in [0.15, 0.2) is 30.9 Å². The van der Waals surface area contributed by atoms with Crippen molar-refractivity contribution in [3.8, 4) is 0 Å². The van der Waals surface area contributed by atoms with E-state index in [9.17, 15) is 46.2 Å². The molecule has 2 unspecified atom stereocenters. The van der Waals surface area contributed by atoms with E-state index in [1.807, 2.05) is 26.0 Å². The van der Waals surface area contributed by atoms with Gasteiger partial charge < -0.3 is 20.8 Å². The lowest BCUT2D eigenvalue weighted by atomic mass is 10.1. The van der Waals surface area contributed by atoms with Crippen LogP contribution in [0, 0.1) is 13.8 Å². The minimum Gasteiger partial charge on any atom is -0.379 e. The Morgan fingerprint density at radius 1 is 0.556 bits per heavy atom. The molecule has 0 fully saturated rings. The molecule has 0 bridgehead atoms. The molecule has 0 spiro atoms. The third-order valence-electron chi connectivity index (χ3n) is 7.63. The average molecular weight is 785 g/mol. The molecule has 288 valence electrons. The number of anilines is 2. The summed E-state index contributed by atoms with van der Waals surface area (Å²) >= 11 is 0. The third-order valence-corrected chi connectivity index (χ3v) is 11.5. The Labute approximate surface area is 311 Å². The maximum Gasteiger partial charge on any atom is 0.276 e. The molecule has 54 heavy (non-hydrogen) atoms. The number of hydroxylamine groups is 2. The zero-order chi connectivity index (χ0) is 40.5. The summed E-state index contributed by atoms with van der Waals surface area (Å²) in [6.07, 6.45) is 0. The van der Waals surface area contributed by atoms with Crippen LogP contribution in [0.5, 0.6) is 0 Å². The van der Waals surface area contributed by atoms with E-state index in [0.717, 1.165) is 25.0 Å². The van der Waals surface area contributed by atoms with E-state index >= 15 is 0 Å². The van der Waals surface area contributed by atoms with Gasteiger partial charge in [0.1, 0.15) is 0 Å². The van der Waals surface area contributed by atoms with Crippen molar-refractivity contribution in [1.29, 1.82) is 0 Å². The molecule has 18 heteroatoms. The second-order valence-corrected chi connectivity index (χ2v) is 16.6. The van der Waals surface area contributed by atoms with Gasteiger partial charge in [0.25, 0.3) is 23.6 Å². The summed E-state index contributed by atoms with van der Waals surface area (Å²) in [6, 6.07) is 24.7. The first-order valence-corrected chi connectivity index (χ1v) is 19.2. The summed E-state index contributed by atoms with van der Waals surface area (Å²) in [4.78, 5) is 46.9. The van der Waals surface area contributed by atoms with Gasteiger partial charge in [0, 0.05) is 22.5 Å². The van der Waals surface area contributed by atoms with Gasteiger partial charge in [-0.15, -0.1) is 0 Å². The Morgan fingerprint density at radius 3 is 1.15 bits per heavy atom. The number of benzene rings is 4. The lowest BCUT2D eigenvalue weighted by Gasteiger charge is -2.20. The molecule has 16 nitrogen and oxygen atoms in total. The van der Waals surface area contributed by atoms with Crippen LogP contribution >= 0.6 is 0 Å². The van der Waals surface area contributed by atoms with Crippen molar-refractivity contribution in [2.75, 3.05) is 22.1 Å². The summed E-state index contributed by atoms with van der Waals surface area (Å²) in [5.41, 5.74) is 1.44. The SMILES string of the molecule is Cc1cccc(C(=O)Nc2ccc(S(=O)(=O)CC(C)(O)C(=O)NO)cc2)c1.Cc1cccc(C(=O)Nc2ccc(S(=O)(=O)CC(C)(O)C(=O)NO)cc2)c1. The molecule has 4 amide bonds. The standard InChI is InChI=1S/2C18H20N2O6S/c2*1-12-4-3-5-13(10-12)16(21)19-14-6-8-15(9-7-14)27(25,26)11-18(2,23)17(22)20-24/h2*3-10,23-24H,11H2,1-2H3,(H,19,21)(H,20,22). The van der Waals surface area contributed by atoms with E-state index in [1.165, 1.54) is 59.5 Å². The Kier molecular flexibility index (Phi) is 13.9. The Morgan fingerprint density at radius 2 is 0.870 bits per heavy atom. The molecule has 0 radical (unpaired) electrons. The lowest BCUT2D eigenvalue weighted by molar-refractivity contribution is -0.145. The van der Waals surface area contributed by atoms with Crippen LogP contribution in [0.15, 0.2) is 107 Å². The van der Waals surface area contributed by atoms with Gasteiger partial charge >= 0.3 is 0 Å². The van der Waals surface area contributed by atoms with Crippen molar-refractivity contribution in [2.45, 2.75) is 48.7 Å². The number of aryl methyl sites for hydroxylation is 2. The fourth-order valence-electron chi connectivity index (χ4n) is 4.75. The van der Waals surface area contributed by atoms with Gasteiger partial charge in [-0.25, -0.2) is 27.8 Å². The minimum atomic E-state index is -4.01. The normalized spacial score (nSPS) is 13.5. The number of hydrogen-bond donors (Lipinski definition) is 8. The van der Waals surface area contributed by atoms with E-state index in [4.69, 9.17) is 10.4 Å². The predicted octanol–water partition coefficient (Wildman–Crippen LogP) is 2.55. The van der Waals surface area contributed by atoms with E-state index in [-0.39, 0.29) is 21.6 Å². The van der Waals surface area contributed by atoms with E-state index in [2.05, 4.69) is 10.6 Å². The van der Waals surface area contributed by atoms with Gasteiger partial charge in [0.05, 0.1) is 21.3 Å². The van der Waals surface area contributed by atoms with Crippen molar-refractivity contribution >= 4 is 54.7 Å². The zero-order valence-electron chi connectivity index (χ0n) is 29.5. The predicted molar refractivity (Wildman–Crippen MR) is 196 cm³/mol. The molecule has 4 aromatic carbocycles. The number of amides is 4. The maximum atomic E-state index is 12.4. The minimum absolute atomic E-state index is 0.137. The second-order valence-electron chi connectivity index (χ2n) is 12.6. The molecule has 8 N–H and O–H groups in total. The van der Waals surface area contributed by atoms with Crippen molar-refractivity contribution < 1.29 is 56.6 Å². The van der Waals surface area contributed by atoms with Crippen molar-refractivity contribution in [3.05, 3.63) is 119 Å².